The lowest BCUT2D eigenvalue weighted by atomic mass is 9.87. The Morgan fingerprint density at radius 2 is 1.89 bits per heavy atom. The fourth-order valence-corrected chi connectivity index (χ4v) is 4.44. The van der Waals surface area contributed by atoms with Crippen LogP contribution in [0.5, 0.6) is 5.75 Å². The second kappa shape index (κ2) is 8.52. The van der Waals surface area contributed by atoms with Gasteiger partial charge in [0.2, 0.25) is 5.91 Å². The molecule has 9 nitrogen and oxygen atoms in total. The van der Waals surface area contributed by atoms with Crippen LogP contribution in [-0.2, 0) is 11.4 Å². The predicted molar refractivity (Wildman–Crippen MR) is 130 cm³/mol. The molecule has 3 aromatic heterocycles. The first-order chi connectivity index (χ1) is 17.1. The number of ether oxygens (including phenoxy) is 1. The molecule has 4 heterocycles. The summed E-state index contributed by atoms with van der Waals surface area (Å²) in [7, 11) is 0. The second-order valence-corrected chi connectivity index (χ2v) is 8.76. The highest BCUT2D eigenvalue weighted by molar-refractivity contribution is 6.30. The van der Waals surface area contributed by atoms with Gasteiger partial charge >= 0.3 is 0 Å². The highest BCUT2D eigenvalue weighted by Gasteiger charge is 2.32. The highest BCUT2D eigenvalue weighted by atomic mass is 35.5. The van der Waals surface area contributed by atoms with E-state index in [1.165, 1.54) is 0 Å². The summed E-state index contributed by atoms with van der Waals surface area (Å²) in [6, 6.07) is 19.0. The Morgan fingerprint density at radius 1 is 1.06 bits per heavy atom. The van der Waals surface area contributed by atoms with E-state index in [1.807, 2.05) is 61.5 Å². The smallest absolute Gasteiger partial charge is 0.226 e. The fraction of sp³-hybridized carbons (Fsp3) is 0.160. The van der Waals surface area contributed by atoms with Gasteiger partial charge in [-0.05, 0) is 42.8 Å². The Kier molecular flexibility index (Phi) is 5.18. The lowest BCUT2D eigenvalue weighted by molar-refractivity contribution is -0.116. The predicted octanol–water partition coefficient (Wildman–Crippen LogP) is 4.32. The van der Waals surface area contributed by atoms with Crippen molar-refractivity contribution in [2.24, 2.45) is 0 Å². The monoisotopic (exact) mass is 485 g/mol. The van der Waals surface area contributed by atoms with Crippen molar-refractivity contribution in [1.29, 1.82) is 0 Å². The van der Waals surface area contributed by atoms with Crippen LogP contribution in [0.1, 0.15) is 34.9 Å². The number of hydrogen-bond donors (Lipinski definition) is 1. The van der Waals surface area contributed by atoms with Crippen molar-refractivity contribution in [3.8, 4) is 11.6 Å². The van der Waals surface area contributed by atoms with Gasteiger partial charge in [0.25, 0.3) is 0 Å². The number of nitrogens with one attached hydrogen (secondary N) is 1. The molecular formula is C25H20ClN7O2. The number of fused-ring (bicyclic) bond motifs is 2. The number of nitrogens with zero attached hydrogens (tertiary/aromatic N) is 6. The number of carbonyl (C=O) groups is 1. The molecule has 0 radical (unpaired) electrons. The van der Waals surface area contributed by atoms with Gasteiger partial charge in [0.05, 0.1) is 6.20 Å². The van der Waals surface area contributed by atoms with Gasteiger partial charge in [0, 0.05) is 28.5 Å². The molecule has 1 atom stereocenters. The standard InChI is InChI=1S/C25H20ClN7O2/c1-15-29-30-22-10-11-23(31-32(15)22)33-25-20(13-27-33)19(12-24(34)28-25)18-4-2-3-5-21(18)35-14-16-6-8-17(26)9-7-16/h2-11,13,19H,12,14H2,1H3,(H,28,34)/t19-/m1/s1. The summed E-state index contributed by atoms with van der Waals surface area (Å²) >= 11 is 6.00. The van der Waals surface area contributed by atoms with Gasteiger partial charge in [-0.3, -0.25) is 4.79 Å². The molecule has 174 valence electrons. The van der Waals surface area contributed by atoms with E-state index >= 15 is 0 Å². The summed E-state index contributed by atoms with van der Waals surface area (Å²) in [6.45, 7) is 2.22. The van der Waals surface area contributed by atoms with Crippen molar-refractivity contribution in [2.45, 2.75) is 25.9 Å². The van der Waals surface area contributed by atoms with Crippen LogP contribution in [0.15, 0.2) is 66.9 Å². The van der Waals surface area contributed by atoms with Crippen LogP contribution in [0.4, 0.5) is 5.82 Å². The minimum Gasteiger partial charge on any atom is -0.489 e. The minimum absolute atomic E-state index is 0.0988. The first kappa shape index (κ1) is 21.3. The van der Waals surface area contributed by atoms with Crippen LogP contribution < -0.4 is 10.1 Å². The normalized spacial score (nSPS) is 15.1. The van der Waals surface area contributed by atoms with Crippen LogP contribution in [-0.4, -0.2) is 35.5 Å². The molecule has 1 amide bonds. The van der Waals surface area contributed by atoms with Gasteiger partial charge in [-0.1, -0.05) is 41.9 Å². The van der Waals surface area contributed by atoms with E-state index in [0.29, 0.717) is 34.7 Å². The molecule has 0 saturated carbocycles. The van der Waals surface area contributed by atoms with Gasteiger partial charge in [-0.15, -0.1) is 15.3 Å². The number of anilines is 1. The zero-order valence-corrected chi connectivity index (χ0v) is 19.5. The fourth-order valence-electron chi connectivity index (χ4n) is 4.31. The summed E-state index contributed by atoms with van der Waals surface area (Å²) < 4.78 is 9.46. The van der Waals surface area contributed by atoms with Gasteiger partial charge in [0.1, 0.15) is 18.2 Å². The molecule has 2 aromatic carbocycles. The summed E-state index contributed by atoms with van der Waals surface area (Å²) in [5.41, 5.74) is 3.47. The largest absolute Gasteiger partial charge is 0.489 e. The summed E-state index contributed by atoms with van der Waals surface area (Å²) in [4.78, 5) is 12.8. The lowest BCUT2D eigenvalue weighted by Crippen LogP contribution is -2.25. The molecule has 10 heteroatoms. The lowest BCUT2D eigenvalue weighted by Gasteiger charge is -2.25. The maximum atomic E-state index is 12.8. The third-order valence-corrected chi connectivity index (χ3v) is 6.30. The SMILES string of the molecule is Cc1nnc2ccc(-n3ncc4c3NC(=O)C[C@@H]4c3ccccc3OCc3ccc(Cl)cc3)nn12. The van der Waals surface area contributed by atoms with E-state index in [9.17, 15) is 4.79 Å². The van der Waals surface area contributed by atoms with E-state index < -0.39 is 0 Å². The van der Waals surface area contributed by atoms with Gasteiger partial charge < -0.3 is 10.1 Å². The van der Waals surface area contributed by atoms with Crippen molar-refractivity contribution < 1.29 is 9.53 Å². The molecule has 5 aromatic rings. The molecule has 0 fully saturated rings. The minimum atomic E-state index is -0.214. The van der Waals surface area contributed by atoms with E-state index in [-0.39, 0.29) is 18.2 Å². The molecule has 0 aliphatic carbocycles. The molecule has 6 rings (SSSR count). The average molecular weight is 486 g/mol. The van der Waals surface area contributed by atoms with Gasteiger partial charge in [-0.25, -0.2) is 0 Å². The van der Waals surface area contributed by atoms with E-state index in [2.05, 4.69) is 25.7 Å². The van der Waals surface area contributed by atoms with Crippen molar-refractivity contribution in [1.82, 2.24) is 29.6 Å². The molecule has 0 bridgehead atoms. The van der Waals surface area contributed by atoms with Crippen LogP contribution in [0.2, 0.25) is 5.02 Å². The molecule has 0 spiro atoms. The Hall–Kier alpha value is -4.24. The molecule has 0 saturated heterocycles. The van der Waals surface area contributed by atoms with Crippen LogP contribution in [0.25, 0.3) is 11.5 Å². The van der Waals surface area contributed by atoms with Gasteiger partial charge in [0.15, 0.2) is 17.3 Å². The zero-order valence-electron chi connectivity index (χ0n) is 18.7. The van der Waals surface area contributed by atoms with Crippen LogP contribution in [0.3, 0.4) is 0 Å². The Bertz CT molecular complexity index is 1560. The Labute approximate surface area is 205 Å². The van der Waals surface area contributed by atoms with Crippen LogP contribution in [0, 0.1) is 6.92 Å². The number of benzene rings is 2. The highest BCUT2D eigenvalue weighted by Crippen LogP contribution is 2.41. The number of amides is 1. The average Bonchev–Trinajstić information content (AvgIpc) is 3.46. The van der Waals surface area contributed by atoms with E-state index in [4.69, 9.17) is 16.3 Å². The number of halogens is 1. The van der Waals surface area contributed by atoms with Crippen LogP contribution >= 0.6 is 11.6 Å². The molecule has 1 N–H and O–H groups in total. The Morgan fingerprint density at radius 3 is 2.74 bits per heavy atom. The van der Waals surface area contributed by atoms with Gasteiger partial charge in [-0.2, -0.15) is 14.3 Å². The first-order valence-electron chi connectivity index (χ1n) is 11.1. The molecule has 0 unspecified atom stereocenters. The molecule has 1 aliphatic heterocycles. The number of carbonyl (C=O) groups excluding carboxylic acids is 1. The first-order valence-corrected chi connectivity index (χ1v) is 11.5. The van der Waals surface area contributed by atoms with Crippen molar-refractivity contribution in [3.63, 3.8) is 0 Å². The number of rotatable bonds is 5. The number of aryl methyl sites for hydroxylation is 1. The Balaban J connectivity index is 1.36. The molecular weight excluding hydrogens is 466 g/mol. The van der Waals surface area contributed by atoms with Crippen molar-refractivity contribution in [2.75, 3.05) is 5.32 Å². The maximum Gasteiger partial charge on any atom is 0.226 e. The third-order valence-electron chi connectivity index (χ3n) is 6.04. The van der Waals surface area contributed by atoms with E-state index in [0.717, 1.165) is 22.4 Å². The number of hydrogen-bond acceptors (Lipinski definition) is 6. The zero-order chi connectivity index (χ0) is 23.9. The molecule has 35 heavy (non-hydrogen) atoms. The second-order valence-electron chi connectivity index (χ2n) is 8.33. The molecule has 1 aliphatic rings. The van der Waals surface area contributed by atoms with E-state index in [1.54, 1.807) is 21.5 Å². The van der Waals surface area contributed by atoms with Crippen molar-refractivity contribution >= 4 is 29.0 Å². The number of aromatic nitrogens is 6. The third kappa shape index (κ3) is 3.89. The maximum absolute atomic E-state index is 12.8. The summed E-state index contributed by atoms with van der Waals surface area (Å²) in [5.74, 6) is 2.22. The summed E-state index contributed by atoms with van der Waals surface area (Å²) in [6.07, 6.45) is 2.07. The summed E-state index contributed by atoms with van der Waals surface area (Å²) in [5, 5.41) is 20.9. The van der Waals surface area contributed by atoms with Crippen molar-refractivity contribution in [3.05, 3.63) is 94.4 Å². The quantitative estimate of drug-likeness (QED) is 0.398. The topological polar surface area (TPSA) is 99.2 Å². The number of para-hydroxylation sites is 1.